The number of nitriles is 1. The molecule has 5 rings (SSSR count). The molecular formula is C28H34N2O5. The zero-order valence-corrected chi connectivity index (χ0v) is 21.4. The number of esters is 1. The van der Waals surface area contributed by atoms with Crippen molar-refractivity contribution in [2.75, 3.05) is 7.05 Å². The normalized spacial score (nSPS) is 47.9. The Balaban J connectivity index is 1.74. The molecule has 0 aromatic carbocycles. The maximum atomic E-state index is 14.0. The van der Waals surface area contributed by atoms with Crippen molar-refractivity contribution in [2.45, 2.75) is 72.3 Å². The lowest BCUT2D eigenvalue weighted by molar-refractivity contribution is -0.174. The van der Waals surface area contributed by atoms with Gasteiger partial charge in [-0.25, -0.2) is 0 Å². The fourth-order valence-corrected chi connectivity index (χ4v) is 9.18. The number of ketones is 2. The van der Waals surface area contributed by atoms with Crippen molar-refractivity contribution < 1.29 is 23.9 Å². The molecule has 4 aliphatic carbocycles. The average Bonchev–Trinajstić information content (AvgIpc) is 2.95. The molecule has 2 bridgehead atoms. The van der Waals surface area contributed by atoms with Crippen LogP contribution >= 0.6 is 0 Å². The number of rotatable bonds is 2. The van der Waals surface area contributed by atoms with E-state index in [1.54, 1.807) is 19.1 Å². The molecule has 2 saturated carbocycles. The fourth-order valence-electron chi connectivity index (χ4n) is 9.18. The number of nitrogens with zero attached hydrogens (tertiary/aromatic N) is 1. The second-order valence-electron chi connectivity index (χ2n) is 12.0. The van der Waals surface area contributed by atoms with Crippen molar-refractivity contribution in [1.82, 2.24) is 5.32 Å². The van der Waals surface area contributed by atoms with Crippen LogP contribution in [0, 0.1) is 50.7 Å². The molecule has 7 heteroatoms. The lowest BCUT2D eigenvalue weighted by Crippen LogP contribution is -2.66. The van der Waals surface area contributed by atoms with E-state index in [0.717, 1.165) is 5.57 Å². The zero-order chi connectivity index (χ0) is 25.8. The van der Waals surface area contributed by atoms with Gasteiger partial charge >= 0.3 is 5.97 Å². The molecule has 2 unspecified atom stereocenters. The topological polar surface area (TPSA) is 113 Å². The van der Waals surface area contributed by atoms with Crippen molar-refractivity contribution in [2.24, 2.45) is 39.4 Å². The molecule has 3 fully saturated rings. The summed E-state index contributed by atoms with van der Waals surface area (Å²) < 4.78 is 6.12. The van der Waals surface area contributed by atoms with Crippen LogP contribution in [0.5, 0.6) is 0 Å². The third-order valence-electron chi connectivity index (χ3n) is 11.1. The molecular weight excluding hydrogens is 444 g/mol. The number of amides is 1. The van der Waals surface area contributed by atoms with Gasteiger partial charge in [-0.2, -0.15) is 5.26 Å². The summed E-state index contributed by atoms with van der Waals surface area (Å²) in [6.07, 6.45) is 6.61. The van der Waals surface area contributed by atoms with Gasteiger partial charge < -0.3 is 10.1 Å². The van der Waals surface area contributed by atoms with E-state index in [2.05, 4.69) is 12.2 Å². The number of hydrogen-bond acceptors (Lipinski definition) is 6. The van der Waals surface area contributed by atoms with E-state index in [-0.39, 0.29) is 29.2 Å². The molecule has 5 aliphatic rings. The molecule has 35 heavy (non-hydrogen) atoms. The minimum Gasteiger partial charge on any atom is -0.450 e. The molecule has 0 radical (unpaired) electrons. The van der Waals surface area contributed by atoms with Gasteiger partial charge in [0.25, 0.3) is 0 Å². The largest absolute Gasteiger partial charge is 0.450 e. The van der Waals surface area contributed by atoms with Crippen molar-refractivity contribution >= 4 is 23.4 Å². The van der Waals surface area contributed by atoms with Crippen LogP contribution in [0.1, 0.15) is 66.7 Å². The summed E-state index contributed by atoms with van der Waals surface area (Å²) in [4.78, 5) is 53.7. The number of fused-ring (bicyclic) bond motifs is 5. The van der Waals surface area contributed by atoms with Gasteiger partial charge in [0.15, 0.2) is 17.2 Å². The van der Waals surface area contributed by atoms with E-state index in [9.17, 15) is 24.4 Å². The number of Topliss-reactive ketones (excluding diaryl/α,β-unsaturated/α-hetero) is 1. The fraction of sp³-hybridized carbons (Fsp3) is 0.679. The van der Waals surface area contributed by atoms with Gasteiger partial charge in [-0.3, -0.25) is 19.2 Å². The van der Waals surface area contributed by atoms with Gasteiger partial charge in [-0.1, -0.05) is 39.3 Å². The van der Waals surface area contributed by atoms with Crippen LogP contribution in [0.3, 0.4) is 0 Å². The highest BCUT2D eigenvalue weighted by atomic mass is 16.6. The van der Waals surface area contributed by atoms with E-state index in [4.69, 9.17) is 4.74 Å². The lowest BCUT2D eigenvalue weighted by atomic mass is 9.39. The highest BCUT2D eigenvalue weighted by molar-refractivity contribution is 6.16. The van der Waals surface area contributed by atoms with Gasteiger partial charge in [0.2, 0.25) is 5.91 Å². The first-order valence-corrected chi connectivity index (χ1v) is 12.7. The summed E-state index contributed by atoms with van der Waals surface area (Å²) >= 11 is 0. The van der Waals surface area contributed by atoms with Gasteiger partial charge in [-0.15, -0.1) is 0 Å². The van der Waals surface area contributed by atoms with Gasteiger partial charge in [-0.05, 0) is 56.4 Å². The molecule has 1 amide bonds. The number of hydrogen-bond donors (Lipinski definition) is 1. The number of carbonyl (C=O) groups excluding carboxylic acids is 4. The van der Waals surface area contributed by atoms with Crippen LogP contribution < -0.4 is 5.32 Å². The molecule has 0 aromatic heterocycles. The number of allylic oxidation sites excluding steroid dienone is 3. The van der Waals surface area contributed by atoms with Crippen LogP contribution in [0.25, 0.3) is 0 Å². The minimum absolute atomic E-state index is 0.0398. The van der Waals surface area contributed by atoms with E-state index < -0.39 is 44.9 Å². The zero-order valence-electron chi connectivity index (χ0n) is 21.4. The molecule has 7 nitrogen and oxygen atoms in total. The summed E-state index contributed by atoms with van der Waals surface area (Å²) in [6.45, 7) is 9.72. The third-order valence-corrected chi connectivity index (χ3v) is 11.1. The summed E-state index contributed by atoms with van der Waals surface area (Å²) in [5.74, 6) is -2.15. The Bertz CT molecular complexity index is 1190. The maximum absolute atomic E-state index is 14.0. The van der Waals surface area contributed by atoms with Crippen molar-refractivity contribution in [3.8, 4) is 6.07 Å². The van der Waals surface area contributed by atoms with E-state index in [0.29, 0.717) is 32.1 Å². The predicted octanol–water partition coefficient (Wildman–Crippen LogP) is 3.44. The first kappa shape index (κ1) is 24.0. The van der Waals surface area contributed by atoms with E-state index >= 15 is 0 Å². The summed E-state index contributed by atoms with van der Waals surface area (Å²) in [5.41, 5.74) is -3.71. The van der Waals surface area contributed by atoms with Crippen LogP contribution in [-0.4, -0.2) is 36.1 Å². The molecule has 1 spiro atoms. The molecule has 0 aromatic rings. The Morgan fingerprint density at radius 1 is 1.17 bits per heavy atom. The van der Waals surface area contributed by atoms with Crippen LogP contribution in [0.2, 0.25) is 0 Å². The van der Waals surface area contributed by atoms with E-state index in [1.807, 2.05) is 26.8 Å². The summed E-state index contributed by atoms with van der Waals surface area (Å²) in [5, 5.41) is 12.5. The molecule has 186 valence electrons. The molecule has 1 heterocycles. The smallest absolute Gasteiger partial charge is 0.313 e. The Kier molecular flexibility index (Phi) is 4.74. The standard InChI is InChI=1S/C28H34N2O5/c1-7-27-11-9-18-24(3)10-8-17-25(4,13-16(14-29)21(32)26(17,5)22(33)30-6)19(24)12-20(31)28(18,15(27)2)35-23(27)34/h12-13,15,17-18H,7-11H2,1-6H3,(H,30,33)/t15?,17-,18?,24+,25+,26+,27+,28+/m1/s1. The molecule has 1 N–H and O–H groups in total. The third kappa shape index (κ3) is 2.37. The van der Waals surface area contributed by atoms with Crippen molar-refractivity contribution in [3.63, 3.8) is 0 Å². The highest BCUT2D eigenvalue weighted by Crippen LogP contribution is 2.72. The van der Waals surface area contributed by atoms with E-state index in [1.165, 1.54) is 7.05 Å². The van der Waals surface area contributed by atoms with Crippen molar-refractivity contribution in [3.05, 3.63) is 23.3 Å². The second kappa shape index (κ2) is 6.93. The van der Waals surface area contributed by atoms with Crippen LogP contribution in [0.15, 0.2) is 23.3 Å². The highest BCUT2D eigenvalue weighted by Gasteiger charge is 2.76. The first-order chi connectivity index (χ1) is 16.3. The lowest BCUT2D eigenvalue weighted by Gasteiger charge is -2.63. The van der Waals surface area contributed by atoms with Gasteiger partial charge in [0.05, 0.1) is 11.0 Å². The Morgan fingerprint density at radius 3 is 2.43 bits per heavy atom. The van der Waals surface area contributed by atoms with Gasteiger partial charge in [0.1, 0.15) is 11.5 Å². The van der Waals surface area contributed by atoms with Crippen LogP contribution in [0.4, 0.5) is 0 Å². The SMILES string of the molecule is CC[C@@]12CCC3[C@](OC1=O)(C(=O)C=C1[C@@]3(C)CC[C@H]3[C@](C)(C(=O)NC)C(=O)C(C#N)=C[C@]13C)C2C. The number of ether oxygens (including phenoxy) is 1. The summed E-state index contributed by atoms with van der Waals surface area (Å²) in [6, 6.07) is 2.02. The second-order valence-corrected chi connectivity index (χ2v) is 12.0. The van der Waals surface area contributed by atoms with Gasteiger partial charge in [0, 0.05) is 24.3 Å². The Labute approximate surface area is 206 Å². The summed E-state index contributed by atoms with van der Waals surface area (Å²) in [7, 11) is 1.50. The Morgan fingerprint density at radius 2 is 1.83 bits per heavy atom. The quantitative estimate of drug-likeness (QED) is 0.480. The molecule has 1 saturated heterocycles. The van der Waals surface area contributed by atoms with Crippen molar-refractivity contribution in [1.29, 1.82) is 5.26 Å². The average molecular weight is 479 g/mol. The van der Waals surface area contributed by atoms with Crippen LogP contribution in [-0.2, 0) is 23.9 Å². The predicted molar refractivity (Wildman–Crippen MR) is 126 cm³/mol. The number of nitrogens with one attached hydrogen (secondary N) is 1. The minimum atomic E-state index is -1.42. The Hall–Kier alpha value is -2.75. The maximum Gasteiger partial charge on any atom is 0.313 e. The molecule has 8 atom stereocenters. The monoisotopic (exact) mass is 478 g/mol. The molecule has 1 aliphatic heterocycles. The first-order valence-electron chi connectivity index (χ1n) is 12.7. The number of carbonyl (C=O) groups is 4.